The number of carbonyl (C=O) groups is 2. The van der Waals surface area contributed by atoms with Crippen molar-refractivity contribution < 1.29 is 9.59 Å². The van der Waals surface area contributed by atoms with E-state index in [1.165, 1.54) is 12.7 Å². The van der Waals surface area contributed by atoms with E-state index in [0.717, 1.165) is 57.8 Å². The number of carbonyl (C=O) groups excluding carboxylic acids is 2. The predicted octanol–water partition coefficient (Wildman–Crippen LogP) is 3.98. The topological polar surface area (TPSA) is 88.1 Å². The molecular formula is C24H31N5O2. The Labute approximate surface area is 183 Å². The maximum atomic E-state index is 13.8. The summed E-state index contributed by atoms with van der Waals surface area (Å²) >= 11 is 0. The highest BCUT2D eigenvalue weighted by atomic mass is 16.2. The Kier molecular flexibility index (Phi) is 7.22. The van der Waals surface area contributed by atoms with E-state index in [1.54, 1.807) is 23.5 Å². The van der Waals surface area contributed by atoms with Gasteiger partial charge in [0.2, 0.25) is 11.8 Å². The lowest BCUT2D eigenvalue weighted by Gasteiger charge is -2.35. The van der Waals surface area contributed by atoms with Crippen LogP contribution in [0.4, 0.5) is 5.69 Å². The lowest BCUT2D eigenvalue weighted by Crippen LogP contribution is -2.49. The van der Waals surface area contributed by atoms with Crippen molar-refractivity contribution in [1.82, 2.24) is 20.3 Å². The summed E-state index contributed by atoms with van der Waals surface area (Å²) in [5.74, 6) is -0.315. The first-order chi connectivity index (χ1) is 15.2. The van der Waals surface area contributed by atoms with Crippen molar-refractivity contribution in [1.29, 1.82) is 0 Å². The molecule has 7 nitrogen and oxygen atoms in total. The van der Waals surface area contributed by atoms with Gasteiger partial charge in [0, 0.05) is 18.2 Å². The number of amides is 2. The van der Waals surface area contributed by atoms with Gasteiger partial charge in [0.25, 0.3) is 0 Å². The molecule has 1 N–H and O–H groups in total. The minimum Gasteiger partial charge on any atom is -0.351 e. The molecule has 164 valence electrons. The molecule has 4 rings (SSSR count). The van der Waals surface area contributed by atoms with Crippen LogP contribution in [0.3, 0.4) is 0 Å². The molecule has 0 aliphatic heterocycles. The van der Waals surface area contributed by atoms with Crippen molar-refractivity contribution in [2.75, 3.05) is 4.90 Å². The van der Waals surface area contributed by atoms with E-state index in [0.29, 0.717) is 11.4 Å². The first kappa shape index (κ1) is 21.4. The van der Waals surface area contributed by atoms with Crippen LogP contribution in [0.5, 0.6) is 0 Å². The van der Waals surface area contributed by atoms with Gasteiger partial charge >= 0.3 is 0 Å². The number of nitrogens with one attached hydrogen (secondary N) is 1. The van der Waals surface area contributed by atoms with Gasteiger partial charge in [-0.25, -0.2) is 9.97 Å². The predicted molar refractivity (Wildman–Crippen MR) is 118 cm³/mol. The number of nitrogens with zero attached hydrogens (tertiary/aromatic N) is 4. The third kappa shape index (κ3) is 5.27. The van der Waals surface area contributed by atoms with E-state index >= 15 is 0 Å². The van der Waals surface area contributed by atoms with Gasteiger partial charge in [-0.15, -0.1) is 0 Å². The summed E-state index contributed by atoms with van der Waals surface area (Å²) in [5.41, 5.74) is 1.09. The van der Waals surface area contributed by atoms with Crippen molar-refractivity contribution in [3.63, 3.8) is 0 Å². The third-order valence-corrected chi connectivity index (χ3v) is 6.44. The number of anilines is 1. The molecule has 2 aromatic heterocycles. The fourth-order valence-electron chi connectivity index (χ4n) is 4.81. The zero-order valence-electron chi connectivity index (χ0n) is 17.9. The molecule has 2 aliphatic carbocycles. The average Bonchev–Trinajstić information content (AvgIpc) is 2.84. The highest BCUT2D eigenvalue weighted by Crippen LogP contribution is 2.33. The Morgan fingerprint density at radius 2 is 1.61 bits per heavy atom. The standard InChI is InChI=1S/C24H31N5O2/c30-23(28-19-11-5-2-6-12-19)22(21-13-7-8-14-27-21)29(20-15-25-17-26-16-20)24(31)18-9-3-1-4-10-18/h7-8,13-19,22H,1-6,9-12H2,(H,28,30). The third-order valence-electron chi connectivity index (χ3n) is 6.44. The van der Waals surface area contributed by atoms with E-state index in [4.69, 9.17) is 0 Å². The molecule has 2 fully saturated rings. The van der Waals surface area contributed by atoms with Crippen LogP contribution >= 0.6 is 0 Å². The molecule has 2 aromatic rings. The van der Waals surface area contributed by atoms with Gasteiger partial charge in [-0.05, 0) is 37.8 Å². The average molecular weight is 422 g/mol. The van der Waals surface area contributed by atoms with Crippen LogP contribution in [0, 0.1) is 5.92 Å². The second-order valence-electron chi connectivity index (χ2n) is 8.64. The highest BCUT2D eigenvalue weighted by Gasteiger charge is 2.38. The van der Waals surface area contributed by atoms with E-state index in [9.17, 15) is 9.59 Å². The minimum atomic E-state index is -0.844. The largest absolute Gasteiger partial charge is 0.351 e. The molecule has 2 aliphatic rings. The summed E-state index contributed by atoms with van der Waals surface area (Å²) in [6, 6.07) is 4.79. The monoisotopic (exact) mass is 421 g/mol. The van der Waals surface area contributed by atoms with Crippen molar-refractivity contribution >= 4 is 17.5 Å². The van der Waals surface area contributed by atoms with Crippen LogP contribution in [0.15, 0.2) is 43.1 Å². The summed E-state index contributed by atoms with van der Waals surface area (Å²) in [6.07, 6.45) is 16.7. The molecule has 0 radical (unpaired) electrons. The van der Waals surface area contributed by atoms with Crippen molar-refractivity contribution in [3.05, 3.63) is 48.8 Å². The molecule has 2 heterocycles. The number of hydrogen-bond acceptors (Lipinski definition) is 5. The summed E-state index contributed by atoms with van der Waals surface area (Å²) in [6.45, 7) is 0. The summed E-state index contributed by atoms with van der Waals surface area (Å²) in [5, 5.41) is 3.21. The Morgan fingerprint density at radius 3 is 2.26 bits per heavy atom. The fraction of sp³-hybridized carbons (Fsp3) is 0.542. The summed E-state index contributed by atoms with van der Waals surface area (Å²) < 4.78 is 0. The van der Waals surface area contributed by atoms with Gasteiger partial charge in [0.05, 0.1) is 23.8 Å². The Balaban J connectivity index is 1.70. The first-order valence-corrected chi connectivity index (χ1v) is 11.5. The maximum absolute atomic E-state index is 13.8. The smallest absolute Gasteiger partial charge is 0.249 e. The molecule has 0 bridgehead atoms. The molecule has 0 spiro atoms. The molecule has 7 heteroatoms. The zero-order valence-corrected chi connectivity index (χ0v) is 17.9. The van der Waals surface area contributed by atoms with Crippen LogP contribution in [-0.4, -0.2) is 32.8 Å². The van der Waals surface area contributed by atoms with E-state index in [-0.39, 0.29) is 23.8 Å². The van der Waals surface area contributed by atoms with E-state index in [2.05, 4.69) is 20.3 Å². The highest BCUT2D eigenvalue weighted by molar-refractivity contribution is 6.02. The van der Waals surface area contributed by atoms with Gasteiger partial charge in [-0.2, -0.15) is 0 Å². The first-order valence-electron chi connectivity index (χ1n) is 11.5. The van der Waals surface area contributed by atoms with Crippen molar-refractivity contribution in [3.8, 4) is 0 Å². The minimum absolute atomic E-state index is 0.0380. The Morgan fingerprint density at radius 1 is 0.935 bits per heavy atom. The van der Waals surface area contributed by atoms with Gasteiger partial charge in [-0.3, -0.25) is 19.5 Å². The van der Waals surface area contributed by atoms with Crippen LogP contribution in [-0.2, 0) is 9.59 Å². The molecular weight excluding hydrogens is 390 g/mol. The lowest BCUT2D eigenvalue weighted by atomic mass is 9.87. The Hall–Kier alpha value is -2.83. The van der Waals surface area contributed by atoms with Crippen LogP contribution < -0.4 is 10.2 Å². The lowest BCUT2D eigenvalue weighted by molar-refractivity contribution is -0.129. The van der Waals surface area contributed by atoms with Crippen LogP contribution in [0.25, 0.3) is 0 Å². The molecule has 1 unspecified atom stereocenters. The van der Waals surface area contributed by atoms with Gasteiger partial charge < -0.3 is 5.32 Å². The molecule has 2 amide bonds. The second-order valence-corrected chi connectivity index (χ2v) is 8.64. The van der Waals surface area contributed by atoms with Gasteiger partial charge in [-0.1, -0.05) is 44.6 Å². The fourth-order valence-corrected chi connectivity index (χ4v) is 4.81. The number of pyridine rings is 1. The molecule has 31 heavy (non-hydrogen) atoms. The molecule has 0 saturated heterocycles. The van der Waals surface area contributed by atoms with Crippen LogP contribution in [0.1, 0.15) is 75.9 Å². The number of aromatic nitrogens is 3. The zero-order chi connectivity index (χ0) is 21.5. The SMILES string of the molecule is O=C(NC1CCCCC1)C(c1ccccn1)N(C(=O)C1CCCCC1)c1cncnc1. The van der Waals surface area contributed by atoms with Crippen molar-refractivity contribution in [2.24, 2.45) is 5.92 Å². The summed E-state index contributed by atoms with van der Waals surface area (Å²) in [4.78, 5) is 41.7. The van der Waals surface area contributed by atoms with Crippen LogP contribution in [0.2, 0.25) is 0 Å². The normalized spacial score (nSPS) is 18.8. The number of hydrogen-bond donors (Lipinski definition) is 1. The number of rotatable bonds is 6. The maximum Gasteiger partial charge on any atom is 0.249 e. The quantitative estimate of drug-likeness (QED) is 0.762. The van der Waals surface area contributed by atoms with Crippen molar-refractivity contribution in [2.45, 2.75) is 76.3 Å². The molecule has 0 aromatic carbocycles. The van der Waals surface area contributed by atoms with E-state index in [1.807, 2.05) is 18.2 Å². The second kappa shape index (κ2) is 10.5. The summed E-state index contributed by atoms with van der Waals surface area (Å²) in [7, 11) is 0. The Bertz CT molecular complexity index is 849. The molecule has 1 atom stereocenters. The molecule has 2 saturated carbocycles. The van der Waals surface area contributed by atoms with Gasteiger partial charge in [0.15, 0.2) is 6.04 Å². The van der Waals surface area contributed by atoms with Gasteiger partial charge in [0.1, 0.15) is 6.33 Å². The van der Waals surface area contributed by atoms with E-state index < -0.39 is 6.04 Å².